The lowest BCUT2D eigenvalue weighted by Crippen LogP contribution is -2.34. The van der Waals surface area contributed by atoms with E-state index >= 15 is 0 Å². The number of anilines is 1. The van der Waals surface area contributed by atoms with E-state index in [1.807, 2.05) is 0 Å². The van der Waals surface area contributed by atoms with E-state index in [1.165, 1.54) is 32.0 Å². The van der Waals surface area contributed by atoms with Gasteiger partial charge in [-0.2, -0.15) is 0 Å². The molecule has 0 radical (unpaired) electrons. The van der Waals surface area contributed by atoms with Gasteiger partial charge in [-0.25, -0.2) is 0 Å². The summed E-state index contributed by atoms with van der Waals surface area (Å²) in [6.45, 7) is 3.13. The molecule has 0 saturated heterocycles. The predicted molar refractivity (Wildman–Crippen MR) is 117 cm³/mol. The molecule has 0 aromatic heterocycles. The Kier molecular flexibility index (Phi) is 6.97. The van der Waals surface area contributed by atoms with E-state index in [1.54, 1.807) is 23.1 Å². The molecule has 0 fully saturated rings. The number of halogens is 2. The van der Waals surface area contributed by atoms with Crippen molar-refractivity contribution in [1.82, 2.24) is 5.32 Å². The maximum atomic E-state index is 12.7. The molecule has 0 aliphatic carbocycles. The fourth-order valence-corrected chi connectivity index (χ4v) is 3.60. The van der Waals surface area contributed by atoms with Gasteiger partial charge >= 0.3 is 5.97 Å². The molecule has 1 heterocycles. The number of benzene rings is 2. The van der Waals surface area contributed by atoms with Crippen LogP contribution in [-0.2, 0) is 20.7 Å². The zero-order valence-corrected chi connectivity index (χ0v) is 18.4. The predicted octanol–water partition coefficient (Wildman–Crippen LogP) is 3.45. The first-order chi connectivity index (χ1) is 14.7. The van der Waals surface area contributed by atoms with Gasteiger partial charge in [-0.05, 0) is 55.3 Å². The Morgan fingerprint density at radius 3 is 2.45 bits per heavy atom. The van der Waals surface area contributed by atoms with E-state index in [0.29, 0.717) is 23.6 Å². The second kappa shape index (κ2) is 9.49. The van der Waals surface area contributed by atoms with E-state index in [9.17, 15) is 19.2 Å². The van der Waals surface area contributed by atoms with Crippen LogP contribution < -0.4 is 10.2 Å². The van der Waals surface area contributed by atoms with Crippen LogP contribution in [0.15, 0.2) is 36.4 Å². The van der Waals surface area contributed by atoms with Crippen molar-refractivity contribution in [2.24, 2.45) is 0 Å². The Balaban J connectivity index is 1.56. The molecule has 162 valence electrons. The van der Waals surface area contributed by atoms with Crippen molar-refractivity contribution in [3.63, 3.8) is 0 Å². The number of esters is 1. The van der Waals surface area contributed by atoms with Crippen molar-refractivity contribution in [2.75, 3.05) is 18.0 Å². The second-order valence-corrected chi connectivity index (χ2v) is 7.89. The molecule has 0 saturated carbocycles. The summed E-state index contributed by atoms with van der Waals surface area (Å²) in [7, 11) is 0. The summed E-state index contributed by atoms with van der Waals surface area (Å²) in [5.41, 5.74) is 2.32. The van der Waals surface area contributed by atoms with Gasteiger partial charge in [-0.1, -0.05) is 23.2 Å². The summed E-state index contributed by atoms with van der Waals surface area (Å²) >= 11 is 11.7. The molecule has 3 rings (SSSR count). The maximum absolute atomic E-state index is 12.7. The average molecular weight is 463 g/mol. The highest BCUT2D eigenvalue weighted by Gasteiger charge is 2.25. The van der Waals surface area contributed by atoms with Crippen LogP contribution in [0.25, 0.3) is 0 Å². The first-order valence-corrected chi connectivity index (χ1v) is 10.3. The zero-order valence-electron chi connectivity index (χ0n) is 16.9. The number of hydrogen-bond acceptors (Lipinski definition) is 5. The summed E-state index contributed by atoms with van der Waals surface area (Å²) in [5.74, 6) is -1.70. The smallest absolute Gasteiger partial charge is 0.326 e. The average Bonchev–Trinajstić information content (AvgIpc) is 3.16. The minimum atomic E-state index is -1.03. The molecule has 1 aliphatic heterocycles. The number of Topliss-reactive ketones (excluding diaryl/α,β-unsaturated/α-hetero) is 1. The van der Waals surface area contributed by atoms with Gasteiger partial charge in [0.15, 0.2) is 6.10 Å². The number of amides is 2. The molecule has 31 heavy (non-hydrogen) atoms. The molecular weight excluding hydrogens is 443 g/mol. The molecule has 1 aliphatic rings. The summed E-state index contributed by atoms with van der Waals surface area (Å²) in [5, 5.41) is 2.94. The van der Waals surface area contributed by atoms with Crippen molar-refractivity contribution in [3.05, 3.63) is 63.1 Å². The van der Waals surface area contributed by atoms with Crippen molar-refractivity contribution in [3.8, 4) is 0 Å². The normalized spacial score (nSPS) is 13.4. The van der Waals surface area contributed by atoms with Crippen LogP contribution in [0.4, 0.5) is 5.69 Å². The molecule has 1 atom stereocenters. The largest absolute Gasteiger partial charge is 0.453 e. The number of carbonyl (C=O) groups excluding carboxylic acids is 4. The quantitative estimate of drug-likeness (QED) is 0.524. The summed E-state index contributed by atoms with van der Waals surface area (Å²) in [6.07, 6.45) is -0.372. The SMILES string of the molecule is CC(=O)N1CCc2cc(C(=O)[C@H](C)OC(=O)CNC(=O)c3ccc(Cl)c(Cl)c3)ccc21. The number of ether oxygens (including phenoxy) is 1. The molecule has 2 aromatic carbocycles. The third-order valence-electron chi connectivity index (χ3n) is 4.89. The Hall–Kier alpha value is -2.90. The molecule has 1 N–H and O–H groups in total. The van der Waals surface area contributed by atoms with E-state index < -0.39 is 24.5 Å². The molecule has 0 unspecified atom stereocenters. The lowest BCUT2D eigenvalue weighted by Gasteiger charge is -2.16. The van der Waals surface area contributed by atoms with Gasteiger partial charge in [0.2, 0.25) is 11.7 Å². The van der Waals surface area contributed by atoms with Gasteiger partial charge < -0.3 is 15.0 Å². The second-order valence-electron chi connectivity index (χ2n) is 7.07. The van der Waals surface area contributed by atoms with Gasteiger partial charge in [0.25, 0.3) is 5.91 Å². The monoisotopic (exact) mass is 462 g/mol. The van der Waals surface area contributed by atoms with E-state index in [-0.39, 0.29) is 22.3 Å². The fraction of sp³-hybridized carbons (Fsp3) is 0.273. The molecule has 0 bridgehead atoms. The molecule has 2 aromatic rings. The Morgan fingerprint density at radius 2 is 1.77 bits per heavy atom. The highest BCUT2D eigenvalue weighted by atomic mass is 35.5. The zero-order chi connectivity index (χ0) is 22.7. The lowest BCUT2D eigenvalue weighted by atomic mass is 10.0. The number of hydrogen-bond donors (Lipinski definition) is 1. The number of carbonyl (C=O) groups is 4. The molecule has 9 heteroatoms. The summed E-state index contributed by atoms with van der Waals surface area (Å²) in [6, 6.07) is 9.39. The van der Waals surface area contributed by atoms with Gasteiger partial charge in [0.05, 0.1) is 10.0 Å². The minimum Gasteiger partial charge on any atom is -0.453 e. The number of fused-ring (bicyclic) bond motifs is 1. The van der Waals surface area contributed by atoms with Crippen molar-refractivity contribution in [2.45, 2.75) is 26.4 Å². The molecule has 7 nitrogen and oxygen atoms in total. The van der Waals surface area contributed by atoms with Crippen molar-refractivity contribution < 1.29 is 23.9 Å². The third kappa shape index (κ3) is 5.24. The first kappa shape index (κ1) is 22.8. The number of nitrogens with one attached hydrogen (secondary N) is 1. The van der Waals surface area contributed by atoms with Crippen LogP contribution in [0.5, 0.6) is 0 Å². The lowest BCUT2D eigenvalue weighted by molar-refractivity contribution is -0.145. The van der Waals surface area contributed by atoms with Gasteiger partial charge in [-0.15, -0.1) is 0 Å². The molecule has 2 amide bonds. The van der Waals surface area contributed by atoms with Crippen LogP contribution in [0.3, 0.4) is 0 Å². The number of rotatable bonds is 6. The molecule has 0 spiro atoms. The van der Waals surface area contributed by atoms with Gasteiger partial charge in [0, 0.05) is 30.3 Å². The maximum Gasteiger partial charge on any atom is 0.326 e. The Labute approximate surface area is 189 Å². The summed E-state index contributed by atoms with van der Waals surface area (Å²) < 4.78 is 5.16. The van der Waals surface area contributed by atoms with Gasteiger partial charge in [-0.3, -0.25) is 19.2 Å². The van der Waals surface area contributed by atoms with Crippen LogP contribution >= 0.6 is 23.2 Å². The Bertz CT molecular complexity index is 1070. The number of nitrogens with zero attached hydrogens (tertiary/aromatic N) is 1. The Morgan fingerprint density at radius 1 is 1.06 bits per heavy atom. The van der Waals surface area contributed by atoms with E-state index in [4.69, 9.17) is 27.9 Å². The highest BCUT2D eigenvalue weighted by Crippen LogP contribution is 2.29. The van der Waals surface area contributed by atoms with Crippen LogP contribution in [0.2, 0.25) is 10.0 Å². The summed E-state index contributed by atoms with van der Waals surface area (Å²) in [4.78, 5) is 50.1. The van der Waals surface area contributed by atoms with Crippen molar-refractivity contribution >= 4 is 52.5 Å². The van der Waals surface area contributed by atoms with Crippen LogP contribution in [-0.4, -0.2) is 42.8 Å². The minimum absolute atomic E-state index is 0.0527. The highest BCUT2D eigenvalue weighted by molar-refractivity contribution is 6.42. The first-order valence-electron chi connectivity index (χ1n) is 9.55. The van der Waals surface area contributed by atoms with Crippen LogP contribution in [0.1, 0.15) is 40.1 Å². The number of ketones is 1. The standard InChI is InChI=1S/C22H20Cl2N2O5/c1-12(21(29)15-4-6-19-14(9-15)7-8-26(19)13(2)27)31-20(28)11-25-22(30)16-3-5-17(23)18(24)10-16/h3-6,9-10,12H,7-8,11H2,1-2H3,(H,25,30)/t12-/m0/s1. The van der Waals surface area contributed by atoms with Crippen LogP contribution in [0, 0.1) is 0 Å². The topological polar surface area (TPSA) is 92.8 Å². The van der Waals surface area contributed by atoms with Gasteiger partial charge in [0.1, 0.15) is 6.54 Å². The fourth-order valence-electron chi connectivity index (χ4n) is 3.30. The van der Waals surface area contributed by atoms with E-state index in [2.05, 4.69) is 5.32 Å². The molecular formula is C22H20Cl2N2O5. The van der Waals surface area contributed by atoms with E-state index in [0.717, 1.165) is 11.3 Å². The third-order valence-corrected chi connectivity index (χ3v) is 5.63. The van der Waals surface area contributed by atoms with Crippen molar-refractivity contribution in [1.29, 1.82) is 0 Å².